The summed E-state index contributed by atoms with van der Waals surface area (Å²) in [5.74, 6) is -1.01. The van der Waals surface area contributed by atoms with Crippen LogP contribution in [0.5, 0.6) is 0 Å². The summed E-state index contributed by atoms with van der Waals surface area (Å²) in [5.41, 5.74) is 4.26. The normalized spacial score (nSPS) is 10.5. The van der Waals surface area contributed by atoms with E-state index in [0.717, 1.165) is 3.57 Å². The predicted molar refractivity (Wildman–Crippen MR) is 89.0 cm³/mol. The smallest absolute Gasteiger partial charge is 0.408 e. The molecule has 0 radical (unpaired) electrons. The average molecular weight is 419 g/mol. The third-order valence-corrected chi connectivity index (χ3v) is 2.87. The molecule has 120 valence electrons. The van der Waals surface area contributed by atoms with Gasteiger partial charge >= 0.3 is 6.09 Å². The second kappa shape index (κ2) is 7.97. The number of carbonyl (C=O) groups excluding carboxylic acids is 3. The van der Waals surface area contributed by atoms with Crippen LogP contribution >= 0.6 is 22.6 Å². The number of hydrazine groups is 1. The molecular formula is C14H18IN3O4. The number of rotatable bonds is 3. The molecule has 8 heteroatoms. The van der Waals surface area contributed by atoms with E-state index < -0.39 is 23.5 Å². The van der Waals surface area contributed by atoms with Crippen molar-refractivity contribution in [3.63, 3.8) is 0 Å². The number of hydrogen-bond acceptors (Lipinski definition) is 4. The molecule has 0 fully saturated rings. The second-order valence-corrected chi connectivity index (χ2v) is 6.61. The first-order valence-corrected chi connectivity index (χ1v) is 7.57. The summed E-state index contributed by atoms with van der Waals surface area (Å²) in [7, 11) is 0. The fourth-order valence-electron chi connectivity index (χ4n) is 1.34. The fraction of sp³-hybridized carbons (Fsp3) is 0.357. The predicted octanol–water partition coefficient (Wildman–Crippen LogP) is 1.58. The van der Waals surface area contributed by atoms with E-state index in [4.69, 9.17) is 4.74 Å². The Morgan fingerprint density at radius 2 is 1.86 bits per heavy atom. The topological polar surface area (TPSA) is 96.5 Å². The minimum atomic E-state index is -0.702. The van der Waals surface area contributed by atoms with E-state index in [1.54, 1.807) is 39.0 Å². The molecule has 0 heterocycles. The van der Waals surface area contributed by atoms with Crippen LogP contribution in [0.3, 0.4) is 0 Å². The second-order valence-electron chi connectivity index (χ2n) is 5.37. The number of nitrogens with one attached hydrogen (secondary N) is 3. The van der Waals surface area contributed by atoms with Gasteiger partial charge < -0.3 is 10.1 Å². The lowest BCUT2D eigenvalue weighted by Crippen LogP contribution is -2.47. The Morgan fingerprint density at radius 1 is 1.18 bits per heavy atom. The molecule has 3 N–H and O–H groups in total. The molecule has 0 aliphatic rings. The van der Waals surface area contributed by atoms with Crippen molar-refractivity contribution in [2.75, 3.05) is 6.54 Å². The highest BCUT2D eigenvalue weighted by molar-refractivity contribution is 14.1. The monoisotopic (exact) mass is 419 g/mol. The van der Waals surface area contributed by atoms with Crippen molar-refractivity contribution < 1.29 is 19.1 Å². The number of alkyl carbamates (subject to hydrolysis) is 1. The van der Waals surface area contributed by atoms with Gasteiger partial charge in [0.25, 0.3) is 11.8 Å². The first-order chi connectivity index (χ1) is 10.2. The summed E-state index contributed by atoms with van der Waals surface area (Å²) in [6, 6.07) is 6.90. The number of hydrogen-bond donors (Lipinski definition) is 3. The van der Waals surface area contributed by atoms with Crippen LogP contribution in [0.25, 0.3) is 0 Å². The maximum absolute atomic E-state index is 11.8. The summed E-state index contributed by atoms with van der Waals surface area (Å²) in [6.07, 6.45) is -0.702. The first kappa shape index (κ1) is 18.2. The maximum atomic E-state index is 11.8. The zero-order chi connectivity index (χ0) is 16.8. The van der Waals surface area contributed by atoms with Gasteiger partial charge in [-0.05, 0) is 61.6 Å². The quantitative estimate of drug-likeness (QED) is 0.512. The number of amides is 3. The summed E-state index contributed by atoms with van der Waals surface area (Å²) in [6.45, 7) is 4.85. The van der Waals surface area contributed by atoms with Crippen molar-refractivity contribution >= 4 is 40.5 Å². The SMILES string of the molecule is CC(C)(C)OC(=O)NCC(=O)NNC(=O)c1cccc(I)c1. The molecule has 0 aliphatic heterocycles. The summed E-state index contributed by atoms with van der Waals surface area (Å²) >= 11 is 2.08. The van der Waals surface area contributed by atoms with E-state index in [1.165, 1.54) is 0 Å². The Kier molecular flexibility index (Phi) is 6.60. The lowest BCUT2D eigenvalue weighted by atomic mass is 10.2. The standard InChI is InChI=1S/C14H18IN3O4/c1-14(2,3)22-13(21)16-8-11(19)17-18-12(20)9-5-4-6-10(15)7-9/h4-7H,8H2,1-3H3,(H,16,21)(H,17,19)(H,18,20). The van der Waals surface area contributed by atoms with Gasteiger partial charge in [0.2, 0.25) is 0 Å². The Hall–Kier alpha value is -1.84. The van der Waals surface area contributed by atoms with Gasteiger partial charge in [0.05, 0.1) is 0 Å². The Balaban J connectivity index is 2.34. The third-order valence-electron chi connectivity index (χ3n) is 2.19. The van der Waals surface area contributed by atoms with Crippen LogP contribution in [0.2, 0.25) is 0 Å². The molecule has 0 atom stereocenters. The number of benzene rings is 1. The summed E-state index contributed by atoms with van der Waals surface area (Å²) < 4.78 is 5.88. The van der Waals surface area contributed by atoms with Gasteiger partial charge in [-0.1, -0.05) is 6.07 Å². The third kappa shape index (κ3) is 7.25. The summed E-state index contributed by atoms with van der Waals surface area (Å²) in [4.78, 5) is 34.7. The molecule has 0 aromatic heterocycles. The van der Waals surface area contributed by atoms with Gasteiger partial charge in [-0.25, -0.2) is 4.79 Å². The van der Waals surface area contributed by atoms with Crippen molar-refractivity contribution in [2.24, 2.45) is 0 Å². The largest absolute Gasteiger partial charge is 0.444 e. The Labute approximate surface area is 142 Å². The molecule has 0 saturated heterocycles. The minimum absolute atomic E-state index is 0.304. The van der Waals surface area contributed by atoms with Crippen LogP contribution in [0.15, 0.2) is 24.3 Å². The van der Waals surface area contributed by atoms with Crippen LogP contribution in [0.1, 0.15) is 31.1 Å². The molecule has 0 saturated carbocycles. The summed E-state index contributed by atoms with van der Waals surface area (Å²) in [5, 5.41) is 2.29. The van der Waals surface area contributed by atoms with Crippen LogP contribution in [-0.4, -0.2) is 30.1 Å². The van der Waals surface area contributed by atoms with Crippen molar-refractivity contribution in [3.8, 4) is 0 Å². The number of carbonyl (C=O) groups is 3. The Morgan fingerprint density at radius 3 is 2.45 bits per heavy atom. The van der Waals surface area contributed by atoms with Gasteiger partial charge in [0.15, 0.2) is 0 Å². The van der Waals surface area contributed by atoms with E-state index >= 15 is 0 Å². The molecule has 1 rings (SSSR count). The molecule has 1 aromatic rings. The van der Waals surface area contributed by atoms with Gasteiger partial charge in [-0.2, -0.15) is 0 Å². The first-order valence-electron chi connectivity index (χ1n) is 6.49. The van der Waals surface area contributed by atoms with E-state index in [0.29, 0.717) is 5.56 Å². The molecular weight excluding hydrogens is 401 g/mol. The van der Waals surface area contributed by atoms with Crippen LogP contribution < -0.4 is 16.2 Å². The molecule has 0 bridgehead atoms. The molecule has 3 amide bonds. The highest BCUT2D eigenvalue weighted by atomic mass is 127. The van der Waals surface area contributed by atoms with Gasteiger partial charge in [0.1, 0.15) is 12.1 Å². The van der Waals surface area contributed by atoms with Crippen molar-refractivity contribution in [2.45, 2.75) is 26.4 Å². The zero-order valence-electron chi connectivity index (χ0n) is 12.5. The molecule has 1 aromatic carbocycles. The van der Waals surface area contributed by atoms with Gasteiger partial charge in [-0.15, -0.1) is 0 Å². The number of halogens is 1. The van der Waals surface area contributed by atoms with Gasteiger partial charge in [0, 0.05) is 9.13 Å². The maximum Gasteiger partial charge on any atom is 0.408 e. The van der Waals surface area contributed by atoms with Crippen molar-refractivity contribution in [1.82, 2.24) is 16.2 Å². The molecule has 0 spiro atoms. The van der Waals surface area contributed by atoms with Crippen molar-refractivity contribution in [3.05, 3.63) is 33.4 Å². The molecule has 0 aliphatic carbocycles. The van der Waals surface area contributed by atoms with E-state index in [9.17, 15) is 14.4 Å². The highest BCUT2D eigenvalue weighted by Crippen LogP contribution is 2.07. The number of ether oxygens (including phenoxy) is 1. The minimum Gasteiger partial charge on any atom is -0.444 e. The lowest BCUT2D eigenvalue weighted by Gasteiger charge is -2.19. The zero-order valence-corrected chi connectivity index (χ0v) is 14.7. The highest BCUT2D eigenvalue weighted by Gasteiger charge is 2.16. The van der Waals surface area contributed by atoms with Gasteiger partial charge in [-0.3, -0.25) is 20.4 Å². The van der Waals surface area contributed by atoms with Crippen LogP contribution in [0.4, 0.5) is 4.79 Å². The van der Waals surface area contributed by atoms with Crippen LogP contribution in [0, 0.1) is 3.57 Å². The van der Waals surface area contributed by atoms with E-state index in [1.807, 2.05) is 6.07 Å². The average Bonchev–Trinajstić information content (AvgIpc) is 2.40. The lowest BCUT2D eigenvalue weighted by molar-refractivity contribution is -0.121. The van der Waals surface area contributed by atoms with Crippen molar-refractivity contribution in [1.29, 1.82) is 0 Å². The van der Waals surface area contributed by atoms with Crippen LogP contribution in [-0.2, 0) is 9.53 Å². The van der Waals surface area contributed by atoms with E-state index in [2.05, 4.69) is 38.8 Å². The molecule has 7 nitrogen and oxygen atoms in total. The Bertz CT molecular complexity index is 569. The molecule has 0 unspecified atom stereocenters. The fourth-order valence-corrected chi connectivity index (χ4v) is 1.88. The molecule has 22 heavy (non-hydrogen) atoms. The van der Waals surface area contributed by atoms with E-state index in [-0.39, 0.29) is 6.54 Å².